The van der Waals surface area contributed by atoms with Gasteiger partial charge in [-0.1, -0.05) is 72.0 Å². The number of ether oxygens (including phenoxy) is 2. The third-order valence-corrected chi connectivity index (χ3v) is 6.46. The van der Waals surface area contributed by atoms with Gasteiger partial charge in [0.25, 0.3) is 0 Å². The molecule has 0 spiro atoms. The molecular weight excluding hydrogens is 568 g/mol. The Morgan fingerprint density at radius 3 is 1.34 bits per heavy atom. The molecule has 0 bridgehead atoms. The van der Waals surface area contributed by atoms with E-state index in [1.807, 2.05) is 111 Å². The molecule has 4 aromatic carbocycles. The second-order valence-electron chi connectivity index (χ2n) is 9.20. The number of allylic oxidation sites excluding steroid dienone is 2. The molecule has 0 N–H and O–H groups in total. The first kappa shape index (κ1) is 26.3. The molecule has 0 saturated carbocycles. The summed E-state index contributed by atoms with van der Waals surface area (Å²) in [6.45, 7) is 3.80. The van der Waals surface area contributed by atoms with Gasteiger partial charge in [-0.3, -0.25) is 0 Å². The van der Waals surface area contributed by atoms with Gasteiger partial charge < -0.3 is 28.9 Å². The third kappa shape index (κ3) is 5.04. The minimum Gasteiger partial charge on any atom is -0.624 e. The largest absolute Gasteiger partial charge is 2.00 e. The number of hydrogen-bond acceptors (Lipinski definition) is 6. The van der Waals surface area contributed by atoms with Gasteiger partial charge in [-0.25, -0.2) is 9.97 Å². The van der Waals surface area contributed by atoms with Crippen LogP contribution >= 0.6 is 0 Å². The van der Waals surface area contributed by atoms with Gasteiger partial charge in [-0.15, -0.1) is 0 Å². The van der Waals surface area contributed by atoms with Gasteiger partial charge in [0, 0.05) is 22.9 Å². The standard InChI is InChI=1S/2C16H11N2O2.Cu/c2*1-10(15-17-11-6-2-4-8-13(11)19-15)16-18-12-7-3-5-9-14(12)20-16;/h2*2-9H,1H3;/q2*-1;+2/b2*15-10+;. The normalized spacial score (nSPS) is 15.3. The predicted molar refractivity (Wildman–Crippen MR) is 153 cm³/mol. The fourth-order valence-electron chi connectivity index (χ4n) is 4.31. The van der Waals surface area contributed by atoms with Crippen LogP contribution in [0.4, 0.5) is 11.4 Å². The molecule has 8 rings (SSSR count). The molecule has 2 aliphatic heterocycles. The van der Waals surface area contributed by atoms with Crippen LogP contribution in [0.3, 0.4) is 0 Å². The van der Waals surface area contributed by atoms with E-state index in [4.69, 9.17) is 18.3 Å². The van der Waals surface area contributed by atoms with Gasteiger partial charge >= 0.3 is 17.1 Å². The van der Waals surface area contributed by atoms with Gasteiger partial charge in [0.15, 0.2) is 11.2 Å². The Bertz CT molecular complexity index is 1690. The second kappa shape index (κ2) is 10.9. The van der Waals surface area contributed by atoms with Crippen molar-refractivity contribution in [3.8, 4) is 11.5 Å². The molecule has 8 nitrogen and oxygen atoms in total. The summed E-state index contributed by atoms with van der Waals surface area (Å²) in [6.07, 6.45) is 0. The Balaban J connectivity index is 0.000000144. The van der Waals surface area contributed by atoms with Crippen molar-refractivity contribution in [2.45, 2.75) is 13.8 Å². The molecule has 4 heterocycles. The topological polar surface area (TPSA) is 98.7 Å². The van der Waals surface area contributed by atoms with Crippen molar-refractivity contribution < 1.29 is 35.4 Å². The number of aromatic nitrogens is 2. The van der Waals surface area contributed by atoms with Crippen LogP contribution in [0, 0.1) is 0 Å². The molecule has 0 aliphatic carbocycles. The fraction of sp³-hybridized carbons (Fsp3) is 0.0625. The zero-order valence-corrected chi connectivity index (χ0v) is 22.9. The Morgan fingerprint density at radius 1 is 0.537 bits per heavy atom. The minimum absolute atomic E-state index is 0. The van der Waals surface area contributed by atoms with E-state index in [-0.39, 0.29) is 17.1 Å². The van der Waals surface area contributed by atoms with Gasteiger partial charge in [0.1, 0.15) is 22.5 Å². The summed E-state index contributed by atoms with van der Waals surface area (Å²) < 4.78 is 22.9. The van der Waals surface area contributed by atoms with E-state index < -0.39 is 0 Å². The summed E-state index contributed by atoms with van der Waals surface area (Å²) in [5.41, 5.74) is 6.43. The summed E-state index contributed by atoms with van der Waals surface area (Å²) >= 11 is 0. The van der Waals surface area contributed by atoms with E-state index in [0.717, 1.165) is 56.2 Å². The molecule has 2 aromatic heterocycles. The van der Waals surface area contributed by atoms with Gasteiger partial charge in [-0.2, -0.15) is 0 Å². The molecule has 0 unspecified atom stereocenters. The van der Waals surface area contributed by atoms with E-state index in [1.165, 1.54) is 0 Å². The number of para-hydroxylation sites is 8. The average Bonchev–Trinajstić information content (AvgIpc) is 3.79. The van der Waals surface area contributed by atoms with Crippen molar-refractivity contribution in [1.82, 2.24) is 9.97 Å². The molecule has 0 atom stereocenters. The molecule has 1 radical (unpaired) electrons. The van der Waals surface area contributed by atoms with E-state index in [9.17, 15) is 0 Å². The summed E-state index contributed by atoms with van der Waals surface area (Å²) in [6, 6.07) is 30.7. The maximum absolute atomic E-state index is 5.73. The van der Waals surface area contributed by atoms with E-state index in [1.54, 1.807) is 0 Å². The molecule has 6 aromatic rings. The predicted octanol–water partition coefficient (Wildman–Crippen LogP) is 9.23. The van der Waals surface area contributed by atoms with Crippen LogP contribution in [-0.2, 0) is 17.1 Å². The molecule has 0 fully saturated rings. The Kier molecular flexibility index (Phi) is 6.97. The Morgan fingerprint density at radius 2 is 0.927 bits per heavy atom. The minimum atomic E-state index is 0. The molecule has 41 heavy (non-hydrogen) atoms. The van der Waals surface area contributed by atoms with Crippen molar-refractivity contribution >= 4 is 44.7 Å². The van der Waals surface area contributed by atoms with Crippen LogP contribution in [0.5, 0.6) is 11.5 Å². The van der Waals surface area contributed by atoms with Gasteiger partial charge in [0.05, 0.1) is 0 Å². The maximum Gasteiger partial charge on any atom is 2.00 e. The third-order valence-electron chi connectivity index (χ3n) is 6.46. The van der Waals surface area contributed by atoms with E-state index in [0.29, 0.717) is 23.5 Å². The summed E-state index contributed by atoms with van der Waals surface area (Å²) in [5, 5.41) is 8.91. The van der Waals surface area contributed by atoms with Crippen LogP contribution in [0.25, 0.3) is 44.0 Å². The van der Waals surface area contributed by atoms with Crippen molar-refractivity contribution in [3.63, 3.8) is 0 Å². The molecular formula is C32H22CuN4O4. The van der Waals surface area contributed by atoms with Gasteiger partial charge in [0.2, 0.25) is 11.8 Å². The number of oxazole rings is 2. The molecule has 205 valence electrons. The van der Waals surface area contributed by atoms with Crippen LogP contribution < -0.4 is 9.47 Å². The first-order valence-electron chi connectivity index (χ1n) is 12.7. The number of fused-ring (bicyclic) bond motifs is 4. The SMILES string of the molecule is C/C(=C1/[N-]c2ccccc2O1)c1nc2ccccc2o1.C/C(=C1/[N-]c2ccccc2O1)c1nc2ccccc2o1.[Cu+2]. The summed E-state index contributed by atoms with van der Waals surface area (Å²) in [7, 11) is 0. The fourth-order valence-corrected chi connectivity index (χ4v) is 4.31. The quantitative estimate of drug-likeness (QED) is 0.187. The monoisotopic (exact) mass is 589 g/mol. The van der Waals surface area contributed by atoms with Crippen molar-refractivity contribution in [3.05, 3.63) is 131 Å². The smallest absolute Gasteiger partial charge is 0.624 e. The first-order valence-corrected chi connectivity index (χ1v) is 12.7. The van der Waals surface area contributed by atoms with Crippen LogP contribution in [-0.4, -0.2) is 9.97 Å². The van der Waals surface area contributed by atoms with Crippen LogP contribution in [0.1, 0.15) is 25.6 Å². The average molecular weight is 590 g/mol. The zero-order chi connectivity index (χ0) is 27.1. The van der Waals surface area contributed by atoms with Crippen LogP contribution in [0.2, 0.25) is 0 Å². The van der Waals surface area contributed by atoms with Gasteiger partial charge in [-0.05, 0) is 50.2 Å². The van der Waals surface area contributed by atoms with Crippen molar-refractivity contribution in [2.75, 3.05) is 0 Å². The summed E-state index contributed by atoms with van der Waals surface area (Å²) in [5.74, 6) is 3.68. The number of benzene rings is 4. The molecule has 2 aliphatic rings. The van der Waals surface area contributed by atoms with Crippen molar-refractivity contribution in [2.24, 2.45) is 0 Å². The Labute approximate surface area is 246 Å². The molecule has 0 saturated heterocycles. The number of nitrogens with zero attached hydrogens (tertiary/aromatic N) is 4. The first-order chi connectivity index (χ1) is 19.6. The van der Waals surface area contributed by atoms with E-state index in [2.05, 4.69) is 20.6 Å². The van der Waals surface area contributed by atoms with E-state index >= 15 is 0 Å². The Hall–Kier alpha value is -4.98. The number of rotatable bonds is 2. The second-order valence-corrected chi connectivity index (χ2v) is 9.20. The molecule has 0 amide bonds. The zero-order valence-electron chi connectivity index (χ0n) is 22.0. The summed E-state index contributed by atoms with van der Waals surface area (Å²) in [4.78, 5) is 8.91. The van der Waals surface area contributed by atoms with Crippen molar-refractivity contribution in [1.29, 1.82) is 0 Å². The molecule has 9 heteroatoms. The number of hydrogen-bond donors (Lipinski definition) is 0. The maximum atomic E-state index is 5.73. The van der Waals surface area contributed by atoms with Crippen LogP contribution in [0.15, 0.2) is 118 Å².